The lowest BCUT2D eigenvalue weighted by atomic mass is 10.1. The molecule has 1 N–H and O–H groups in total. The van der Waals surface area contributed by atoms with Crippen molar-refractivity contribution in [3.8, 4) is 0 Å². The van der Waals surface area contributed by atoms with Gasteiger partial charge in [0.2, 0.25) is 0 Å². The zero-order chi connectivity index (χ0) is 18.2. The van der Waals surface area contributed by atoms with Crippen LogP contribution in [0, 0.1) is 5.82 Å². The first kappa shape index (κ1) is 18.3. The van der Waals surface area contributed by atoms with Crippen LogP contribution in [0.1, 0.15) is 24.0 Å². The average molecular weight is 357 g/mol. The van der Waals surface area contributed by atoms with Crippen LogP contribution in [0.2, 0.25) is 0 Å². The van der Waals surface area contributed by atoms with E-state index in [1.54, 1.807) is 18.3 Å². The molecule has 2 amide bonds. The van der Waals surface area contributed by atoms with Gasteiger partial charge in [-0.15, -0.1) is 0 Å². The molecule has 5 nitrogen and oxygen atoms in total. The molecule has 0 unspecified atom stereocenters. The normalized spacial score (nSPS) is 15.0. The van der Waals surface area contributed by atoms with Crippen molar-refractivity contribution in [3.63, 3.8) is 0 Å². The number of carbonyl (C=O) groups is 1. The Labute approximate surface area is 153 Å². The maximum Gasteiger partial charge on any atom is 0.317 e. The van der Waals surface area contributed by atoms with E-state index in [0.717, 1.165) is 24.0 Å². The molecule has 1 fully saturated rings. The molecule has 0 bridgehead atoms. The molecule has 1 aliphatic heterocycles. The van der Waals surface area contributed by atoms with E-state index in [4.69, 9.17) is 4.74 Å². The monoisotopic (exact) mass is 357 g/mol. The van der Waals surface area contributed by atoms with Crippen LogP contribution in [0.15, 0.2) is 48.8 Å². The van der Waals surface area contributed by atoms with Gasteiger partial charge in [-0.25, -0.2) is 9.18 Å². The molecule has 138 valence electrons. The SMILES string of the molecule is O=C(NCCc1ccc(F)cc1)N1CCC(OCc2cccnc2)CC1. The topological polar surface area (TPSA) is 54.5 Å². The van der Waals surface area contributed by atoms with Crippen molar-refractivity contribution >= 4 is 6.03 Å². The predicted molar refractivity (Wildman–Crippen MR) is 97.1 cm³/mol. The summed E-state index contributed by atoms with van der Waals surface area (Å²) in [5.41, 5.74) is 2.07. The molecule has 26 heavy (non-hydrogen) atoms. The number of benzene rings is 1. The van der Waals surface area contributed by atoms with Gasteiger partial charge in [0.05, 0.1) is 12.7 Å². The summed E-state index contributed by atoms with van der Waals surface area (Å²) in [4.78, 5) is 18.1. The number of urea groups is 1. The van der Waals surface area contributed by atoms with Gasteiger partial charge in [-0.1, -0.05) is 18.2 Å². The van der Waals surface area contributed by atoms with E-state index in [9.17, 15) is 9.18 Å². The van der Waals surface area contributed by atoms with Gasteiger partial charge >= 0.3 is 6.03 Å². The summed E-state index contributed by atoms with van der Waals surface area (Å²) in [5.74, 6) is -0.244. The summed E-state index contributed by atoms with van der Waals surface area (Å²) in [6.45, 7) is 2.49. The molecule has 6 heteroatoms. The number of rotatable bonds is 6. The summed E-state index contributed by atoms with van der Waals surface area (Å²) >= 11 is 0. The molecule has 2 heterocycles. The Morgan fingerprint density at radius 1 is 1.19 bits per heavy atom. The predicted octanol–water partition coefficient (Wildman–Crippen LogP) is 3.15. The number of halogens is 1. The van der Waals surface area contributed by atoms with Crippen LogP contribution >= 0.6 is 0 Å². The van der Waals surface area contributed by atoms with E-state index in [1.165, 1.54) is 12.1 Å². The third kappa shape index (κ3) is 5.52. The molecular formula is C20H24FN3O2. The van der Waals surface area contributed by atoms with Crippen LogP contribution < -0.4 is 5.32 Å². The molecular weight excluding hydrogens is 333 g/mol. The minimum absolute atomic E-state index is 0.0437. The van der Waals surface area contributed by atoms with Crippen LogP contribution in [-0.2, 0) is 17.8 Å². The second-order valence-corrected chi connectivity index (χ2v) is 6.47. The zero-order valence-corrected chi connectivity index (χ0v) is 14.7. The summed E-state index contributed by atoms with van der Waals surface area (Å²) < 4.78 is 18.8. The Morgan fingerprint density at radius 2 is 1.96 bits per heavy atom. The van der Waals surface area contributed by atoms with Gasteiger partial charge in [-0.3, -0.25) is 4.98 Å². The first-order valence-electron chi connectivity index (χ1n) is 8.98. The fraction of sp³-hybridized carbons (Fsp3) is 0.400. The Morgan fingerprint density at radius 3 is 2.65 bits per heavy atom. The van der Waals surface area contributed by atoms with E-state index in [2.05, 4.69) is 10.3 Å². The summed E-state index contributed by atoms with van der Waals surface area (Å²) in [7, 11) is 0. The second kappa shape index (κ2) is 9.29. The van der Waals surface area contributed by atoms with Gasteiger partial charge in [0.15, 0.2) is 0 Å². The summed E-state index contributed by atoms with van der Waals surface area (Å²) in [5, 5.41) is 2.93. The van der Waals surface area contributed by atoms with Crippen molar-refractivity contribution in [1.29, 1.82) is 0 Å². The lowest BCUT2D eigenvalue weighted by molar-refractivity contribution is 0.00438. The van der Waals surface area contributed by atoms with E-state index in [0.29, 0.717) is 32.7 Å². The Balaban J connectivity index is 1.33. The highest BCUT2D eigenvalue weighted by Crippen LogP contribution is 2.15. The number of nitrogens with one attached hydrogen (secondary N) is 1. The fourth-order valence-electron chi connectivity index (χ4n) is 3.00. The number of aromatic nitrogens is 1. The Kier molecular flexibility index (Phi) is 6.55. The second-order valence-electron chi connectivity index (χ2n) is 6.47. The van der Waals surface area contributed by atoms with Crippen LogP contribution in [0.4, 0.5) is 9.18 Å². The molecule has 2 aromatic rings. The number of likely N-dealkylation sites (tertiary alicyclic amines) is 1. The van der Waals surface area contributed by atoms with Gasteiger partial charge < -0.3 is 15.0 Å². The molecule has 1 aromatic carbocycles. The van der Waals surface area contributed by atoms with Crippen molar-refractivity contribution < 1.29 is 13.9 Å². The van der Waals surface area contributed by atoms with E-state index in [1.807, 2.05) is 23.2 Å². The number of nitrogens with zero attached hydrogens (tertiary/aromatic N) is 2. The molecule has 1 aromatic heterocycles. The van der Waals surface area contributed by atoms with Crippen molar-refractivity contribution in [1.82, 2.24) is 15.2 Å². The minimum Gasteiger partial charge on any atom is -0.373 e. The largest absolute Gasteiger partial charge is 0.373 e. The molecule has 0 aliphatic carbocycles. The van der Waals surface area contributed by atoms with Gasteiger partial charge in [0.1, 0.15) is 5.82 Å². The quantitative estimate of drug-likeness (QED) is 0.864. The maximum atomic E-state index is 12.9. The number of pyridine rings is 1. The maximum absolute atomic E-state index is 12.9. The first-order valence-corrected chi connectivity index (χ1v) is 8.98. The smallest absolute Gasteiger partial charge is 0.317 e. The fourth-order valence-corrected chi connectivity index (χ4v) is 3.00. The van der Waals surface area contributed by atoms with E-state index < -0.39 is 0 Å². The van der Waals surface area contributed by atoms with Crippen LogP contribution in [0.25, 0.3) is 0 Å². The number of hydrogen-bond donors (Lipinski definition) is 1. The van der Waals surface area contributed by atoms with E-state index in [-0.39, 0.29) is 18.0 Å². The molecule has 0 spiro atoms. The Bertz CT molecular complexity index is 686. The lowest BCUT2D eigenvalue weighted by Crippen LogP contribution is -2.46. The van der Waals surface area contributed by atoms with Crippen molar-refractivity contribution in [2.24, 2.45) is 0 Å². The van der Waals surface area contributed by atoms with Gasteiger partial charge in [-0.05, 0) is 48.6 Å². The number of carbonyl (C=O) groups excluding carboxylic acids is 1. The number of hydrogen-bond acceptors (Lipinski definition) is 3. The molecule has 0 radical (unpaired) electrons. The standard InChI is InChI=1S/C20H24FN3O2/c21-18-5-3-16(4-6-18)7-11-23-20(25)24-12-8-19(9-13-24)26-15-17-2-1-10-22-14-17/h1-6,10,14,19H,7-9,11-13,15H2,(H,23,25). The molecule has 0 atom stereocenters. The van der Waals surface area contributed by atoms with Crippen LogP contribution in [-0.4, -0.2) is 41.7 Å². The highest BCUT2D eigenvalue weighted by Gasteiger charge is 2.23. The first-order chi connectivity index (χ1) is 12.7. The van der Waals surface area contributed by atoms with Gasteiger partial charge in [0.25, 0.3) is 0 Å². The third-order valence-corrected chi connectivity index (χ3v) is 4.54. The molecule has 1 aliphatic rings. The van der Waals surface area contributed by atoms with E-state index >= 15 is 0 Å². The average Bonchev–Trinajstić information content (AvgIpc) is 2.69. The van der Waals surface area contributed by atoms with Crippen molar-refractivity contribution in [2.45, 2.75) is 32.0 Å². The lowest BCUT2D eigenvalue weighted by Gasteiger charge is -2.32. The summed E-state index contributed by atoms with van der Waals surface area (Å²) in [6.07, 6.45) is 6.10. The highest BCUT2D eigenvalue weighted by molar-refractivity contribution is 5.74. The molecule has 1 saturated heterocycles. The van der Waals surface area contributed by atoms with Crippen LogP contribution in [0.5, 0.6) is 0 Å². The van der Waals surface area contributed by atoms with Crippen molar-refractivity contribution in [3.05, 3.63) is 65.7 Å². The number of ether oxygens (including phenoxy) is 1. The Hall–Kier alpha value is -2.47. The highest BCUT2D eigenvalue weighted by atomic mass is 19.1. The summed E-state index contributed by atoms with van der Waals surface area (Å²) in [6, 6.07) is 10.2. The third-order valence-electron chi connectivity index (χ3n) is 4.54. The van der Waals surface area contributed by atoms with Crippen molar-refractivity contribution in [2.75, 3.05) is 19.6 Å². The zero-order valence-electron chi connectivity index (χ0n) is 14.7. The number of piperidine rings is 1. The molecule has 3 rings (SSSR count). The molecule has 0 saturated carbocycles. The van der Waals surface area contributed by atoms with Crippen LogP contribution in [0.3, 0.4) is 0 Å². The number of amides is 2. The minimum atomic E-state index is -0.244. The van der Waals surface area contributed by atoms with Gasteiger partial charge in [0, 0.05) is 32.0 Å². The van der Waals surface area contributed by atoms with Gasteiger partial charge in [-0.2, -0.15) is 0 Å².